The van der Waals surface area contributed by atoms with Crippen molar-refractivity contribution >= 4 is 11.7 Å². The largest absolute Gasteiger partial charge is 0.366 e. The minimum Gasteiger partial charge on any atom is -0.366 e. The normalized spacial score (nSPS) is 10.5. The van der Waals surface area contributed by atoms with Gasteiger partial charge in [-0.15, -0.1) is 5.10 Å². The molecule has 0 saturated carbocycles. The number of aromatic amines is 1. The lowest BCUT2D eigenvalue weighted by atomic mass is 10.7. The molecule has 2 rings (SSSR count). The average molecular weight is 151 g/mol. The highest BCUT2D eigenvalue weighted by molar-refractivity contribution is 5.32. The summed E-state index contributed by atoms with van der Waals surface area (Å²) in [6.07, 6.45) is 1.50. The van der Waals surface area contributed by atoms with Crippen LogP contribution in [0.4, 0.5) is 5.95 Å². The van der Waals surface area contributed by atoms with Gasteiger partial charge in [0.15, 0.2) is 0 Å². The molecule has 0 aromatic carbocycles. The number of fused-ring (bicyclic) bond motifs is 1. The van der Waals surface area contributed by atoms with Crippen LogP contribution in [0.25, 0.3) is 5.78 Å². The van der Waals surface area contributed by atoms with Crippen molar-refractivity contribution in [3.05, 3.63) is 22.6 Å². The fourth-order valence-electron chi connectivity index (χ4n) is 0.819. The summed E-state index contributed by atoms with van der Waals surface area (Å²) in [5, 5.41) is 3.77. The maximum absolute atomic E-state index is 10.7. The number of nitrogens with two attached hydrogens (primary N) is 1. The van der Waals surface area contributed by atoms with Gasteiger partial charge in [0.25, 0.3) is 5.56 Å². The van der Waals surface area contributed by atoms with Crippen LogP contribution in [0.2, 0.25) is 0 Å². The van der Waals surface area contributed by atoms with Crippen molar-refractivity contribution in [2.45, 2.75) is 0 Å². The summed E-state index contributed by atoms with van der Waals surface area (Å²) in [7, 11) is 0. The quantitative estimate of drug-likeness (QED) is 0.505. The third-order valence-electron chi connectivity index (χ3n) is 1.25. The van der Waals surface area contributed by atoms with Crippen molar-refractivity contribution in [1.82, 2.24) is 19.6 Å². The van der Waals surface area contributed by atoms with Gasteiger partial charge in [0, 0.05) is 12.3 Å². The van der Waals surface area contributed by atoms with Crippen molar-refractivity contribution < 1.29 is 0 Å². The zero-order valence-electron chi connectivity index (χ0n) is 5.48. The van der Waals surface area contributed by atoms with E-state index in [0.717, 1.165) is 0 Å². The van der Waals surface area contributed by atoms with Crippen LogP contribution in [-0.2, 0) is 0 Å². The molecule has 0 aliphatic rings. The first-order chi connectivity index (χ1) is 5.25. The highest BCUT2D eigenvalue weighted by Gasteiger charge is 1.97. The van der Waals surface area contributed by atoms with E-state index in [1.807, 2.05) is 0 Å². The molecule has 2 heterocycles. The molecule has 3 N–H and O–H groups in total. The molecule has 0 aliphatic carbocycles. The highest BCUT2D eigenvalue weighted by atomic mass is 16.1. The lowest BCUT2D eigenvalue weighted by molar-refractivity contribution is 0.935. The highest BCUT2D eigenvalue weighted by Crippen LogP contribution is 1.93. The van der Waals surface area contributed by atoms with Crippen LogP contribution in [0.15, 0.2) is 17.1 Å². The Morgan fingerprint density at radius 2 is 2.45 bits per heavy atom. The molecule has 0 fully saturated rings. The number of H-pyrrole nitrogens is 1. The lowest BCUT2D eigenvalue weighted by Gasteiger charge is -1.85. The van der Waals surface area contributed by atoms with Crippen LogP contribution in [0.3, 0.4) is 0 Å². The molecule has 0 saturated heterocycles. The van der Waals surface area contributed by atoms with Gasteiger partial charge in [-0.05, 0) is 0 Å². The summed E-state index contributed by atoms with van der Waals surface area (Å²) < 4.78 is 1.40. The summed E-state index contributed by atoms with van der Waals surface area (Å²) in [6.45, 7) is 0. The third kappa shape index (κ3) is 0.841. The van der Waals surface area contributed by atoms with Crippen LogP contribution < -0.4 is 11.3 Å². The van der Waals surface area contributed by atoms with Gasteiger partial charge in [-0.1, -0.05) is 0 Å². The number of nitrogen functional groups attached to an aromatic ring is 1. The van der Waals surface area contributed by atoms with Crippen molar-refractivity contribution in [3.8, 4) is 0 Å². The summed E-state index contributed by atoms with van der Waals surface area (Å²) in [5.74, 6) is 0.502. The average Bonchev–Trinajstić information content (AvgIpc) is 2.27. The number of hydrogen-bond acceptors (Lipinski definition) is 4. The molecular weight excluding hydrogens is 146 g/mol. The smallest absolute Gasteiger partial charge is 0.252 e. The fraction of sp³-hybridized carbons (Fsp3) is 0. The van der Waals surface area contributed by atoms with E-state index in [1.165, 1.54) is 16.8 Å². The van der Waals surface area contributed by atoms with Crippen molar-refractivity contribution in [3.63, 3.8) is 0 Å². The molecule has 0 atom stereocenters. The molecule has 2 aromatic rings. The van der Waals surface area contributed by atoms with Gasteiger partial charge in [-0.25, -0.2) is 4.52 Å². The molecule has 0 aliphatic heterocycles. The SMILES string of the molecule is Nc1nc2[nH]c(=O)ccn2n1. The predicted octanol–water partition coefficient (Wildman–Crippen LogP) is -1.00. The standard InChI is InChI=1S/C5H5N5O/c6-4-8-5-7-3(11)1-2-10(5)9-4/h1-2H,(H3,6,7,8,9,11). The molecule has 11 heavy (non-hydrogen) atoms. The second-order valence-electron chi connectivity index (χ2n) is 2.04. The maximum Gasteiger partial charge on any atom is 0.252 e. The lowest BCUT2D eigenvalue weighted by Crippen LogP contribution is -2.05. The topological polar surface area (TPSA) is 89.1 Å². The Morgan fingerprint density at radius 3 is 3.27 bits per heavy atom. The molecule has 56 valence electrons. The van der Waals surface area contributed by atoms with E-state index < -0.39 is 0 Å². The van der Waals surface area contributed by atoms with E-state index in [2.05, 4.69) is 15.1 Å². The first kappa shape index (κ1) is 5.90. The zero-order chi connectivity index (χ0) is 7.84. The van der Waals surface area contributed by atoms with Gasteiger partial charge in [-0.3, -0.25) is 9.78 Å². The molecule has 0 spiro atoms. The van der Waals surface area contributed by atoms with Crippen LogP contribution >= 0.6 is 0 Å². The monoisotopic (exact) mass is 151 g/mol. The zero-order valence-corrected chi connectivity index (χ0v) is 5.48. The molecule has 6 heteroatoms. The van der Waals surface area contributed by atoms with E-state index in [9.17, 15) is 4.79 Å². The Morgan fingerprint density at radius 1 is 1.64 bits per heavy atom. The first-order valence-corrected chi connectivity index (χ1v) is 2.97. The predicted molar refractivity (Wildman–Crippen MR) is 38.0 cm³/mol. The van der Waals surface area contributed by atoms with Gasteiger partial charge in [0.2, 0.25) is 11.7 Å². The summed E-state index contributed by atoms with van der Waals surface area (Å²) in [6, 6.07) is 1.35. The fourth-order valence-corrected chi connectivity index (χ4v) is 0.819. The van der Waals surface area contributed by atoms with Gasteiger partial charge in [0.05, 0.1) is 0 Å². The van der Waals surface area contributed by atoms with Crippen LogP contribution in [-0.4, -0.2) is 19.6 Å². The van der Waals surface area contributed by atoms with Crippen LogP contribution in [0.1, 0.15) is 0 Å². The molecule has 2 aromatic heterocycles. The number of nitrogens with one attached hydrogen (secondary N) is 1. The Labute approximate surface area is 60.7 Å². The van der Waals surface area contributed by atoms with Gasteiger partial charge < -0.3 is 5.73 Å². The Balaban J connectivity index is 2.92. The number of anilines is 1. The molecule has 0 unspecified atom stereocenters. The van der Waals surface area contributed by atoms with E-state index in [-0.39, 0.29) is 11.5 Å². The number of nitrogens with zero attached hydrogens (tertiary/aromatic N) is 3. The number of aromatic nitrogens is 4. The van der Waals surface area contributed by atoms with Crippen molar-refractivity contribution in [1.29, 1.82) is 0 Å². The van der Waals surface area contributed by atoms with E-state index in [4.69, 9.17) is 5.73 Å². The molecule has 0 radical (unpaired) electrons. The van der Waals surface area contributed by atoms with Crippen molar-refractivity contribution in [2.24, 2.45) is 0 Å². The third-order valence-corrected chi connectivity index (χ3v) is 1.25. The molecular formula is C5H5N5O. The number of hydrogen-bond donors (Lipinski definition) is 2. The summed E-state index contributed by atoms with van der Waals surface area (Å²) >= 11 is 0. The molecule has 0 amide bonds. The van der Waals surface area contributed by atoms with E-state index >= 15 is 0 Å². The van der Waals surface area contributed by atoms with E-state index in [1.54, 1.807) is 0 Å². The minimum atomic E-state index is -0.218. The Bertz CT molecular complexity index is 441. The van der Waals surface area contributed by atoms with Gasteiger partial charge >= 0.3 is 0 Å². The van der Waals surface area contributed by atoms with Crippen LogP contribution in [0, 0.1) is 0 Å². The second-order valence-corrected chi connectivity index (χ2v) is 2.04. The summed E-state index contributed by atoms with van der Waals surface area (Å²) in [5.41, 5.74) is 5.06. The number of rotatable bonds is 0. The Hall–Kier alpha value is -1.85. The summed E-state index contributed by atoms with van der Waals surface area (Å²) in [4.78, 5) is 16.9. The first-order valence-electron chi connectivity index (χ1n) is 2.97. The second kappa shape index (κ2) is 1.82. The molecule has 0 bridgehead atoms. The Kier molecular flexibility index (Phi) is 0.974. The van der Waals surface area contributed by atoms with Gasteiger partial charge in [0.1, 0.15) is 0 Å². The minimum absolute atomic E-state index is 0.145. The maximum atomic E-state index is 10.7. The van der Waals surface area contributed by atoms with Crippen molar-refractivity contribution in [2.75, 3.05) is 5.73 Å². The van der Waals surface area contributed by atoms with E-state index in [0.29, 0.717) is 5.78 Å². The van der Waals surface area contributed by atoms with Crippen LogP contribution in [0.5, 0.6) is 0 Å². The van der Waals surface area contributed by atoms with Gasteiger partial charge in [-0.2, -0.15) is 4.98 Å². The molecule has 6 nitrogen and oxygen atoms in total.